The highest BCUT2D eigenvalue weighted by atomic mass is 19.3. The number of hydrogen-bond acceptors (Lipinski definition) is 2. The van der Waals surface area contributed by atoms with Crippen LogP contribution in [0.1, 0.15) is 32.0 Å². The molecule has 0 atom stereocenters. The molecule has 0 aliphatic heterocycles. The van der Waals surface area contributed by atoms with Crippen LogP contribution < -0.4 is 5.73 Å². The van der Waals surface area contributed by atoms with E-state index in [1.807, 2.05) is 13.8 Å². The summed E-state index contributed by atoms with van der Waals surface area (Å²) in [7, 11) is 0. The number of rotatable bonds is 2. The number of halogens is 2. The summed E-state index contributed by atoms with van der Waals surface area (Å²) in [6.45, 7) is 3.70. The zero-order valence-electron chi connectivity index (χ0n) is 6.96. The molecule has 68 valence electrons. The highest BCUT2D eigenvalue weighted by molar-refractivity contribution is 5.41. The molecule has 1 rings (SSSR count). The van der Waals surface area contributed by atoms with Crippen LogP contribution in [0.5, 0.6) is 0 Å². The summed E-state index contributed by atoms with van der Waals surface area (Å²) < 4.78 is 25.7. The maximum atomic E-state index is 12.1. The SMILES string of the molecule is CC(C)n1cc(N)c(C(F)F)n1. The molecular weight excluding hydrogens is 164 g/mol. The van der Waals surface area contributed by atoms with E-state index in [-0.39, 0.29) is 17.4 Å². The van der Waals surface area contributed by atoms with Crippen molar-refractivity contribution >= 4 is 5.69 Å². The normalized spacial score (nSPS) is 11.5. The number of nitrogens with zero attached hydrogens (tertiary/aromatic N) is 2. The number of aromatic nitrogens is 2. The molecule has 5 heteroatoms. The standard InChI is InChI=1S/C7H11F2N3/c1-4(2)12-3-5(10)6(11-12)7(8)9/h3-4,7H,10H2,1-2H3. The van der Waals surface area contributed by atoms with Gasteiger partial charge in [0.1, 0.15) is 0 Å². The van der Waals surface area contributed by atoms with E-state index in [2.05, 4.69) is 5.10 Å². The second kappa shape index (κ2) is 3.08. The molecule has 0 fully saturated rings. The van der Waals surface area contributed by atoms with E-state index in [0.29, 0.717) is 0 Å². The predicted molar refractivity (Wildman–Crippen MR) is 42.0 cm³/mol. The zero-order valence-corrected chi connectivity index (χ0v) is 6.96. The summed E-state index contributed by atoms with van der Waals surface area (Å²) in [4.78, 5) is 0. The molecule has 0 spiro atoms. The summed E-state index contributed by atoms with van der Waals surface area (Å²) in [5.41, 5.74) is 5.04. The third-order valence-electron chi connectivity index (χ3n) is 1.53. The number of nitrogens with two attached hydrogens (primary N) is 1. The van der Waals surface area contributed by atoms with Crippen LogP contribution in [0.15, 0.2) is 6.20 Å². The van der Waals surface area contributed by atoms with Crippen LogP contribution in [-0.4, -0.2) is 9.78 Å². The monoisotopic (exact) mass is 175 g/mol. The van der Waals surface area contributed by atoms with Crippen molar-refractivity contribution < 1.29 is 8.78 Å². The summed E-state index contributed by atoms with van der Waals surface area (Å²) in [5, 5.41) is 3.65. The average Bonchev–Trinajstić information content (AvgIpc) is 2.30. The van der Waals surface area contributed by atoms with Crippen molar-refractivity contribution in [3.05, 3.63) is 11.9 Å². The predicted octanol–water partition coefficient (Wildman–Crippen LogP) is 1.98. The van der Waals surface area contributed by atoms with Crippen LogP contribution in [-0.2, 0) is 0 Å². The lowest BCUT2D eigenvalue weighted by Gasteiger charge is -2.02. The van der Waals surface area contributed by atoms with Gasteiger partial charge < -0.3 is 5.73 Å². The molecule has 1 aromatic heterocycles. The highest BCUT2D eigenvalue weighted by Gasteiger charge is 2.16. The van der Waals surface area contributed by atoms with Crippen molar-refractivity contribution in [2.24, 2.45) is 0 Å². The first-order valence-electron chi connectivity index (χ1n) is 3.65. The van der Waals surface area contributed by atoms with Gasteiger partial charge in [-0.2, -0.15) is 5.10 Å². The molecule has 0 aliphatic carbocycles. The second-order valence-electron chi connectivity index (χ2n) is 2.84. The van der Waals surface area contributed by atoms with Crippen LogP contribution >= 0.6 is 0 Å². The number of nitrogen functional groups attached to an aromatic ring is 1. The van der Waals surface area contributed by atoms with Crippen molar-refractivity contribution in [1.82, 2.24) is 9.78 Å². The van der Waals surface area contributed by atoms with E-state index < -0.39 is 6.43 Å². The Morgan fingerprint density at radius 2 is 2.08 bits per heavy atom. The fourth-order valence-corrected chi connectivity index (χ4v) is 0.854. The summed E-state index contributed by atoms with van der Waals surface area (Å²) in [6, 6.07) is 0.0554. The van der Waals surface area contributed by atoms with E-state index >= 15 is 0 Å². The molecule has 0 bridgehead atoms. The van der Waals surface area contributed by atoms with Gasteiger partial charge >= 0.3 is 0 Å². The molecule has 0 unspecified atom stereocenters. The molecule has 0 aromatic carbocycles. The lowest BCUT2D eigenvalue weighted by Crippen LogP contribution is -2.01. The van der Waals surface area contributed by atoms with Crippen LogP contribution in [0.25, 0.3) is 0 Å². The quantitative estimate of drug-likeness (QED) is 0.746. The Hall–Kier alpha value is -1.13. The minimum Gasteiger partial charge on any atom is -0.396 e. The maximum absolute atomic E-state index is 12.1. The lowest BCUT2D eigenvalue weighted by molar-refractivity contribution is 0.145. The molecule has 1 heterocycles. The second-order valence-corrected chi connectivity index (χ2v) is 2.84. The number of alkyl halides is 2. The van der Waals surface area contributed by atoms with E-state index in [9.17, 15) is 8.78 Å². The molecule has 0 saturated carbocycles. The van der Waals surface area contributed by atoms with Gasteiger partial charge in [-0.15, -0.1) is 0 Å². The summed E-state index contributed by atoms with van der Waals surface area (Å²) in [5.74, 6) is 0. The lowest BCUT2D eigenvalue weighted by atomic mass is 10.4. The molecule has 2 N–H and O–H groups in total. The van der Waals surface area contributed by atoms with E-state index in [4.69, 9.17) is 5.73 Å². The Morgan fingerprint density at radius 3 is 2.33 bits per heavy atom. The Labute approximate surface area is 69.2 Å². The zero-order chi connectivity index (χ0) is 9.30. The van der Waals surface area contributed by atoms with Gasteiger partial charge in [-0.3, -0.25) is 4.68 Å². The van der Waals surface area contributed by atoms with Gasteiger partial charge in [0.25, 0.3) is 6.43 Å². The summed E-state index contributed by atoms with van der Waals surface area (Å²) in [6.07, 6.45) is -1.17. The van der Waals surface area contributed by atoms with Crippen LogP contribution in [0, 0.1) is 0 Å². The first kappa shape index (κ1) is 8.96. The van der Waals surface area contributed by atoms with Gasteiger partial charge in [0.15, 0.2) is 5.69 Å². The highest BCUT2D eigenvalue weighted by Crippen LogP contribution is 2.23. The van der Waals surface area contributed by atoms with Crippen molar-refractivity contribution in [3.63, 3.8) is 0 Å². The Morgan fingerprint density at radius 1 is 1.50 bits per heavy atom. The molecule has 3 nitrogen and oxygen atoms in total. The van der Waals surface area contributed by atoms with Crippen molar-refractivity contribution in [3.8, 4) is 0 Å². The summed E-state index contributed by atoms with van der Waals surface area (Å²) >= 11 is 0. The van der Waals surface area contributed by atoms with Crippen molar-refractivity contribution in [2.45, 2.75) is 26.3 Å². The number of hydrogen-bond donors (Lipinski definition) is 1. The molecule has 0 radical (unpaired) electrons. The first-order valence-corrected chi connectivity index (χ1v) is 3.65. The van der Waals surface area contributed by atoms with Crippen LogP contribution in [0.2, 0.25) is 0 Å². The topological polar surface area (TPSA) is 43.8 Å². The van der Waals surface area contributed by atoms with E-state index in [1.165, 1.54) is 10.9 Å². The van der Waals surface area contributed by atoms with E-state index in [1.54, 1.807) is 0 Å². The average molecular weight is 175 g/mol. The third-order valence-corrected chi connectivity index (χ3v) is 1.53. The first-order chi connectivity index (χ1) is 5.52. The van der Waals surface area contributed by atoms with E-state index in [0.717, 1.165) is 0 Å². The maximum Gasteiger partial charge on any atom is 0.284 e. The van der Waals surface area contributed by atoms with Crippen LogP contribution in [0.3, 0.4) is 0 Å². The Bertz CT molecular complexity index is 268. The molecular formula is C7H11F2N3. The minimum atomic E-state index is -2.59. The molecule has 0 saturated heterocycles. The van der Waals surface area contributed by atoms with Crippen molar-refractivity contribution in [1.29, 1.82) is 0 Å². The van der Waals surface area contributed by atoms with Crippen LogP contribution in [0.4, 0.5) is 14.5 Å². The molecule has 12 heavy (non-hydrogen) atoms. The minimum absolute atomic E-state index is 0.0544. The van der Waals surface area contributed by atoms with Gasteiger partial charge in [-0.25, -0.2) is 8.78 Å². The van der Waals surface area contributed by atoms with Gasteiger partial charge in [0, 0.05) is 12.2 Å². The van der Waals surface area contributed by atoms with Gasteiger partial charge in [-0.05, 0) is 13.8 Å². The fraction of sp³-hybridized carbons (Fsp3) is 0.571. The van der Waals surface area contributed by atoms with Gasteiger partial charge in [-0.1, -0.05) is 0 Å². The molecule has 0 amide bonds. The fourth-order valence-electron chi connectivity index (χ4n) is 0.854. The molecule has 1 aromatic rings. The van der Waals surface area contributed by atoms with Crippen molar-refractivity contribution in [2.75, 3.05) is 5.73 Å². The van der Waals surface area contributed by atoms with Gasteiger partial charge in [0.2, 0.25) is 0 Å². The Kier molecular flexibility index (Phi) is 2.30. The smallest absolute Gasteiger partial charge is 0.284 e. The number of anilines is 1. The largest absolute Gasteiger partial charge is 0.396 e. The third kappa shape index (κ3) is 1.54. The Balaban J connectivity index is 3.00. The molecule has 0 aliphatic rings. The van der Waals surface area contributed by atoms with Gasteiger partial charge in [0.05, 0.1) is 5.69 Å².